The Morgan fingerprint density at radius 2 is 1.96 bits per heavy atom. The van der Waals surface area contributed by atoms with Crippen LogP contribution >= 0.6 is 0 Å². The highest BCUT2D eigenvalue weighted by Crippen LogP contribution is 2.25. The van der Waals surface area contributed by atoms with Gasteiger partial charge in [-0.05, 0) is 37.8 Å². The predicted octanol–water partition coefficient (Wildman–Crippen LogP) is 1.90. The van der Waals surface area contributed by atoms with E-state index in [1.54, 1.807) is 11.6 Å². The van der Waals surface area contributed by atoms with Crippen LogP contribution in [0, 0.1) is 12.8 Å². The summed E-state index contributed by atoms with van der Waals surface area (Å²) in [6.07, 6.45) is 1.26. The number of hydrogen-bond acceptors (Lipinski definition) is 4. The fourth-order valence-electron chi connectivity index (χ4n) is 3.10. The zero-order chi connectivity index (χ0) is 17.3. The minimum Gasteiger partial charge on any atom is -0.480 e. The van der Waals surface area contributed by atoms with E-state index in [4.69, 9.17) is 0 Å². The Bertz CT molecular complexity index is 756. The molecule has 1 saturated heterocycles. The highest BCUT2D eigenvalue weighted by molar-refractivity contribution is 5.96. The Morgan fingerprint density at radius 1 is 1.25 bits per heavy atom. The second-order valence-electron chi connectivity index (χ2n) is 6.25. The summed E-state index contributed by atoms with van der Waals surface area (Å²) in [5.41, 5.74) is 1.62. The van der Waals surface area contributed by atoms with Crippen molar-refractivity contribution < 1.29 is 14.7 Å². The molecule has 2 aromatic rings. The third-order valence-electron chi connectivity index (χ3n) is 4.51. The second-order valence-corrected chi connectivity index (χ2v) is 6.25. The third-order valence-corrected chi connectivity index (χ3v) is 4.51. The lowest BCUT2D eigenvalue weighted by atomic mass is 9.92. The van der Waals surface area contributed by atoms with Crippen molar-refractivity contribution in [3.8, 4) is 5.69 Å². The van der Waals surface area contributed by atoms with Crippen molar-refractivity contribution >= 4 is 11.9 Å². The summed E-state index contributed by atoms with van der Waals surface area (Å²) >= 11 is 0. The minimum atomic E-state index is -0.969. The number of benzene rings is 1. The van der Waals surface area contributed by atoms with Crippen LogP contribution in [0.5, 0.6) is 0 Å². The molecule has 1 aliphatic rings. The molecular weight excluding hydrogens is 308 g/mol. The number of nitrogens with zero attached hydrogens (tertiary/aromatic N) is 4. The Morgan fingerprint density at radius 3 is 2.62 bits per heavy atom. The summed E-state index contributed by atoms with van der Waals surface area (Å²) in [4.78, 5) is 25.8. The van der Waals surface area contributed by atoms with Crippen LogP contribution in [-0.4, -0.2) is 49.5 Å². The Hall–Kier alpha value is -2.70. The molecule has 1 aromatic carbocycles. The number of carboxylic acids is 1. The van der Waals surface area contributed by atoms with Crippen LogP contribution in [0.15, 0.2) is 30.3 Å². The number of carbonyl (C=O) groups excluding carboxylic acids is 1. The van der Waals surface area contributed by atoms with Crippen molar-refractivity contribution in [3.63, 3.8) is 0 Å². The SMILES string of the molecule is Cc1c(C(=O)N2CCC(C)CC2C(=O)O)nnn1-c1ccccc1. The second kappa shape index (κ2) is 6.43. The van der Waals surface area contributed by atoms with Crippen molar-refractivity contribution in [1.29, 1.82) is 0 Å². The molecule has 0 radical (unpaired) electrons. The number of para-hydroxylation sites is 1. The van der Waals surface area contributed by atoms with Gasteiger partial charge >= 0.3 is 5.97 Å². The Kier molecular flexibility index (Phi) is 4.33. The zero-order valence-corrected chi connectivity index (χ0v) is 13.7. The van der Waals surface area contributed by atoms with Gasteiger partial charge in [-0.25, -0.2) is 9.48 Å². The minimum absolute atomic E-state index is 0.208. The zero-order valence-electron chi connectivity index (χ0n) is 13.7. The molecule has 0 spiro atoms. The molecule has 1 aliphatic heterocycles. The van der Waals surface area contributed by atoms with Gasteiger partial charge in [0.05, 0.1) is 11.4 Å². The molecule has 0 bridgehead atoms. The quantitative estimate of drug-likeness (QED) is 0.929. The first-order chi connectivity index (χ1) is 11.5. The number of rotatable bonds is 3. The molecule has 2 heterocycles. The van der Waals surface area contributed by atoms with Crippen molar-refractivity contribution in [2.75, 3.05) is 6.54 Å². The number of carboxylic acid groups (broad SMARTS) is 1. The van der Waals surface area contributed by atoms with Gasteiger partial charge < -0.3 is 10.0 Å². The van der Waals surface area contributed by atoms with Gasteiger partial charge in [-0.2, -0.15) is 0 Å². The van der Waals surface area contributed by atoms with Gasteiger partial charge in [0.2, 0.25) is 0 Å². The summed E-state index contributed by atoms with van der Waals surface area (Å²) in [5.74, 6) is -1.05. The number of amides is 1. The first-order valence-corrected chi connectivity index (χ1v) is 8.00. The summed E-state index contributed by atoms with van der Waals surface area (Å²) < 4.78 is 1.59. The molecule has 2 unspecified atom stereocenters. The molecule has 1 aromatic heterocycles. The predicted molar refractivity (Wildman–Crippen MR) is 87.0 cm³/mol. The van der Waals surface area contributed by atoms with Crippen LogP contribution in [0.3, 0.4) is 0 Å². The normalized spacial score (nSPS) is 20.8. The third kappa shape index (κ3) is 2.89. The van der Waals surface area contributed by atoms with Gasteiger partial charge in [-0.15, -0.1) is 5.10 Å². The van der Waals surface area contributed by atoms with E-state index in [1.165, 1.54) is 4.90 Å². The van der Waals surface area contributed by atoms with Crippen molar-refractivity contribution in [2.24, 2.45) is 5.92 Å². The maximum absolute atomic E-state index is 12.8. The molecule has 126 valence electrons. The average Bonchev–Trinajstić information content (AvgIpc) is 2.96. The molecule has 2 atom stereocenters. The number of carbonyl (C=O) groups is 2. The van der Waals surface area contributed by atoms with Crippen molar-refractivity contribution in [2.45, 2.75) is 32.7 Å². The van der Waals surface area contributed by atoms with Crippen LogP contribution in [0.25, 0.3) is 5.69 Å². The molecule has 1 amide bonds. The van der Waals surface area contributed by atoms with E-state index < -0.39 is 12.0 Å². The lowest BCUT2D eigenvalue weighted by molar-refractivity contribution is -0.144. The molecule has 1 fully saturated rings. The molecule has 24 heavy (non-hydrogen) atoms. The van der Waals surface area contributed by atoms with E-state index in [2.05, 4.69) is 10.3 Å². The molecule has 7 nitrogen and oxygen atoms in total. The number of aromatic nitrogens is 3. The van der Waals surface area contributed by atoms with Gasteiger partial charge in [0.25, 0.3) is 5.91 Å². The van der Waals surface area contributed by atoms with Crippen molar-refractivity contribution in [1.82, 2.24) is 19.9 Å². The highest BCUT2D eigenvalue weighted by Gasteiger charge is 2.36. The number of aliphatic carboxylic acids is 1. The maximum Gasteiger partial charge on any atom is 0.326 e. The number of hydrogen-bond donors (Lipinski definition) is 1. The molecule has 7 heteroatoms. The van der Waals surface area contributed by atoms with Gasteiger partial charge in [0.15, 0.2) is 5.69 Å². The van der Waals surface area contributed by atoms with E-state index in [-0.39, 0.29) is 17.5 Å². The topological polar surface area (TPSA) is 88.3 Å². The van der Waals surface area contributed by atoms with Gasteiger partial charge in [-0.3, -0.25) is 4.79 Å². The van der Waals surface area contributed by atoms with Crippen LogP contribution in [0.2, 0.25) is 0 Å². The van der Waals surface area contributed by atoms with E-state index >= 15 is 0 Å². The smallest absolute Gasteiger partial charge is 0.326 e. The molecule has 0 saturated carbocycles. The summed E-state index contributed by atoms with van der Waals surface area (Å²) in [6, 6.07) is 8.60. The van der Waals surface area contributed by atoms with Crippen LogP contribution in [0.1, 0.15) is 35.9 Å². The number of likely N-dealkylation sites (tertiary alicyclic amines) is 1. The molecular formula is C17H20N4O3. The molecule has 0 aliphatic carbocycles. The standard InChI is InChI=1S/C17H20N4O3/c1-11-8-9-20(14(10-11)17(23)24)16(22)15-12(2)21(19-18-15)13-6-4-3-5-7-13/h3-7,11,14H,8-10H2,1-2H3,(H,23,24). The summed E-state index contributed by atoms with van der Waals surface area (Å²) in [7, 11) is 0. The molecule has 3 rings (SSSR count). The van der Waals surface area contributed by atoms with Crippen LogP contribution < -0.4 is 0 Å². The van der Waals surface area contributed by atoms with Crippen LogP contribution in [0.4, 0.5) is 0 Å². The summed E-state index contributed by atoms with van der Waals surface area (Å²) in [6.45, 7) is 4.20. The molecule has 1 N–H and O–H groups in total. The number of piperidine rings is 1. The monoisotopic (exact) mass is 328 g/mol. The lowest BCUT2D eigenvalue weighted by Gasteiger charge is -2.35. The van der Waals surface area contributed by atoms with Crippen molar-refractivity contribution in [3.05, 3.63) is 41.7 Å². The highest BCUT2D eigenvalue weighted by atomic mass is 16.4. The van der Waals surface area contributed by atoms with Gasteiger partial charge in [0.1, 0.15) is 6.04 Å². The Balaban J connectivity index is 1.90. The fraction of sp³-hybridized carbons (Fsp3) is 0.412. The van der Waals surface area contributed by atoms with E-state index in [9.17, 15) is 14.7 Å². The average molecular weight is 328 g/mol. The first-order valence-electron chi connectivity index (χ1n) is 8.00. The van der Waals surface area contributed by atoms with Crippen LogP contribution in [-0.2, 0) is 4.79 Å². The lowest BCUT2D eigenvalue weighted by Crippen LogP contribution is -2.50. The van der Waals surface area contributed by atoms with E-state index in [0.29, 0.717) is 18.7 Å². The summed E-state index contributed by atoms with van der Waals surface area (Å²) in [5, 5.41) is 17.5. The van der Waals surface area contributed by atoms with Gasteiger partial charge in [-0.1, -0.05) is 30.3 Å². The fourth-order valence-corrected chi connectivity index (χ4v) is 3.10. The largest absolute Gasteiger partial charge is 0.480 e. The van der Waals surface area contributed by atoms with E-state index in [1.807, 2.05) is 37.3 Å². The van der Waals surface area contributed by atoms with E-state index in [0.717, 1.165) is 12.1 Å². The maximum atomic E-state index is 12.8. The Labute approximate surface area is 139 Å². The first kappa shape index (κ1) is 16.2. The van der Waals surface area contributed by atoms with Gasteiger partial charge in [0, 0.05) is 6.54 Å².